The van der Waals surface area contributed by atoms with Crippen LogP contribution in [0.1, 0.15) is 17.0 Å². The first kappa shape index (κ1) is 7.57. The molecule has 0 amide bonds. The highest BCUT2D eigenvalue weighted by Gasteiger charge is 2.53. The van der Waals surface area contributed by atoms with E-state index in [1.54, 1.807) is 5.56 Å². The van der Waals surface area contributed by atoms with E-state index < -0.39 is 0 Å². The molecule has 2 unspecified atom stereocenters. The molecule has 1 aliphatic carbocycles. The number of benzene rings is 1. The van der Waals surface area contributed by atoms with Crippen LogP contribution in [0, 0.1) is 18.8 Å². The number of hydrogen-bond donors (Lipinski definition) is 1. The van der Waals surface area contributed by atoms with Gasteiger partial charge in [-0.15, -0.1) is 0 Å². The van der Waals surface area contributed by atoms with Crippen molar-refractivity contribution in [2.45, 2.75) is 12.8 Å². The van der Waals surface area contributed by atoms with E-state index in [1.807, 2.05) is 0 Å². The van der Waals surface area contributed by atoms with Crippen molar-refractivity contribution < 1.29 is 0 Å². The lowest BCUT2D eigenvalue weighted by atomic mass is 10.0. The fourth-order valence-electron chi connectivity index (χ4n) is 2.79. The molecule has 2 aliphatic rings. The molecule has 13 heavy (non-hydrogen) atoms. The van der Waals surface area contributed by atoms with Gasteiger partial charge in [0.1, 0.15) is 0 Å². The summed E-state index contributed by atoms with van der Waals surface area (Å²) in [4.78, 5) is 0. The highest BCUT2D eigenvalue weighted by Crippen LogP contribution is 2.55. The van der Waals surface area contributed by atoms with Gasteiger partial charge in [-0.3, -0.25) is 0 Å². The van der Waals surface area contributed by atoms with Crippen LogP contribution < -0.4 is 5.32 Å². The first-order valence-corrected chi connectivity index (χ1v) is 5.13. The molecule has 1 nitrogen and oxygen atoms in total. The fourth-order valence-corrected chi connectivity index (χ4v) is 2.79. The summed E-state index contributed by atoms with van der Waals surface area (Å²) in [6.45, 7) is 4.66. The summed E-state index contributed by atoms with van der Waals surface area (Å²) in [6.07, 6.45) is 0. The topological polar surface area (TPSA) is 12.0 Å². The third kappa shape index (κ3) is 1.11. The molecule has 1 aromatic rings. The Bertz CT molecular complexity index is 322. The van der Waals surface area contributed by atoms with E-state index >= 15 is 0 Å². The second-order valence-corrected chi connectivity index (χ2v) is 4.43. The summed E-state index contributed by atoms with van der Waals surface area (Å²) in [6, 6.07) is 9.00. The summed E-state index contributed by atoms with van der Waals surface area (Å²) in [5, 5.41) is 3.44. The van der Waals surface area contributed by atoms with E-state index in [0.717, 1.165) is 17.8 Å². The molecule has 0 aromatic heterocycles. The van der Waals surface area contributed by atoms with Crippen molar-refractivity contribution in [3.05, 3.63) is 35.4 Å². The van der Waals surface area contributed by atoms with Gasteiger partial charge < -0.3 is 5.32 Å². The molecule has 3 rings (SSSR count). The van der Waals surface area contributed by atoms with Gasteiger partial charge in [-0.05, 0) is 43.3 Å². The monoisotopic (exact) mass is 173 g/mol. The summed E-state index contributed by atoms with van der Waals surface area (Å²) < 4.78 is 0. The maximum atomic E-state index is 3.44. The molecule has 1 saturated heterocycles. The average Bonchev–Trinajstić information content (AvgIpc) is 2.61. The van der Waals surface area contributed by atoms with Crippen LogP contribution in [0.5, 0.6) is 0 Å². The number of fused-ring (bicyclic) bond motifs is 1. The van der Waals surface area contributed by atoms with Crippen LogP contribution in [0.2, 0.25) is 0 Å². The predicted octanol–water partition coefficient (Wildman–Crippen LogP) is 1.93. The molecule has 2 atom stereocenters. The van der Waals surface area contributed by atoms with Gasteiger partial charge in [-0.2, -0.15) is 0 Å². The first-order chi connectivity index (χ1) is 6.36. The van der Waals surface area contributed by atoms with Gasteiger partial charge in [0, 0.05) is 0 Å². The van der Waals surface area contributed by atoms with Crippen LogP contribution in [0.3, 0.4) is 0 Å². The normalized spacial score (nSPS) is 35.9. The van der Waals surface area contributed by atoms with Crippen molar-refractivity contribution in [1.29, 1.82) is 0 Å². The van der Waals surface area contributed by atoms with Crippen molar-refractivity contribution in [3.8, 4) is 0 Å². The van der Waals surface area contributed by atoms with Gasteiger partial charge in [0.15, 0.2) is 0 Å². The zero-order chi connectivity index (χ0) is 8.84. The zero-order valence-electron chi connectivity index (χ0n) is 7.96. The lowest BCUT2D eigenvalue weighted by Gasteiger charge is -2.05. The zero-order valence-corrected chi connectivity index (χ0v) is 7.96. The summed E-state index contributed by atoms with van der Waals surface area (Å²) in [7, 11) is 0. The maximum absolute atomic E-state index is 3.44. The van der Waals surface area contributed by atoms with Gasteiger partial charge >= 0.3 is 0 Å². The van der Waals surface area contributed by atoms with Crippen molar-refractivity contribution >= 4 is 0 Å². The van der Waals surface area contributed by atoms with Crippen LogP contribution in [0.4, 0.5) is 0 Å². The largest absolute Gasteiger partial charge is 0.316 e. The number of aryl methyl sites for hydroxylation is 1. The minimum atomic E-state index is 0.876. The number of hydrogen-bond acceptors (Lipinski definition) is 1. The van der Waals surface area contributed by atoms with Gasteiger partial charge in [0.2, 0.25) is 0 Å². The van der Waals surface area contributed by atoms with Crippen LogP contribution >= 0.6 is 0 Å². The molecule has 1 saturated carbocycles. The molecule has 2 fully saturated rings. The van der Waals surface area contributed by atoms with Crippen LogP contribution in [0.25, 0.3) is 0 Å². The quantitative estimate of drug-likeness (QED) is 0.684. The molecule has 0 radical (unpaired) electrons. The van der Waals surface area contributed by atoms with E-state index in [4.69, 9.17) is 0 Å². The molecule has 68 valence electrons. The van der Waals surface area contributed by atoms with Gasteiger partial charge in [0.25, 0.3) is 0 Å². The lowest BCUT2D eigenvalue weighted by molar-refractivity contribution is 0.684. The van der Waals surface area contributed by atoms with Crippen LogP contribution in [-0.2, 0) is 0 Å². The lowest BCUT2D eigenvalue weighted by Crippen LogP contribution is -2.13. The Kier molecular flexibility index (Phi) is 1.50. The molecule has 1 aromatic carbocycles. The third-order valence-electron chi connectivity index (χ3n) is 3.52. The standard InChI is InChI=1S/C12H15N/c1-8-3-2-4-9(5-8)12-10-6-13-7-11(10)12/h2-5,10-13H,6-7H2,1H3. The maximum Gasteiger partial charge on any atom is -0.00111 e. The van der Waals surface area contributed by atoms with E-state index in [2.05, 4.69) is 36.5 Å². The summed E-state index contributed by atoms with van der Waals surface area (Å²) in [5.74, 6) is 2.77. The number of nitrogens with one attached hydrogen (secondary N) is 1. The van der Waals surface area contributed by atoms with E-state index in [9.17, 15) is 0 Å². The van der Waals surface area contributed by atoms with Crippen molar-refractivity contribution in [2.24, 2.45) is 11.8 Å². The summed E-state index contributed by atoms with van der Waals surface area (Å²) in [5.41, 5.74) is 2.96. The van der Waals surface area contributed by atoms with E-state index in [1.165, 1.54) is 18.7 Å². The van der Waals surface area contributed by atoms with Gasteiger partial charge in [-0.25, -0.2) is 0 Å². The Hall–Kier alpha value is -0.820. The molecular formula is C12H15N. The first-order valence-electron chi connectivity index (χ1n) is 5.13. The number of piperidine rings is 1. The second-order valence-electron chi connectivity index (χ2n) is 4.43. The third-order valence-corrected chi connectivity index (χ3v) is 3.52. The second kappa shape index (κ2) is 2.58. The van der Waals surface area contributed by atoms with Crippen molar-refractivity contribution in [3.63, 3.8) is 0 Å². The molecule has 0 bridgehead atoms. The Morgan fingerprint density at radius 3 is 2.69 bits per heavy atom. The van der Waals surface area contributed by atoms with Crippen molar-refractivity contribution in [2.75, 3.05) is 13.1 Å². The smallest absolute Gasteiger partial charge is 0.00111 e. The highest BCUT2D eigenvalue weighted by molar-refractivity contribution is 5.33. The average molecular weight is 173 g/mol. The van der Waals surface area contributed by atoms with E-state index in [0.29, 0.717) is 0 Å². The SMILES string of the molecule is Cc1cccc(C2C3CNCC32)c1. The highest BCUT2D eigenvalue weighted by atomic mass is 15.0. The predicted molar refractivity (Wildman–Crippen MR) is 53.8 cm³/mol. The number of rotatable bonds is 1. The Balaban J connectivity index is 1.87. The molecule has 1 aliphatic heterocycles. The van der Waals surface area contributed by atoms with Gasteiger partial charge in [-0.1, -0.05) is 29.8 Å². The Labute approximate surface area is 79.2 Å². The van der Waals surface area contributed by atoms with E-state index in [-0.39, 0.29) is 0 Å². The molecule has 1 heteroatoms. The Morgan fingerprint density at radius 1 is 1.23 bits per heavy atom. The van der Waals surface area contributed by atoms with Gasteiger partial charge in [0.05, 0.1) is 0 Å². The van der Waals surface area contributed by atoms with Crippen LogP contribution in [0.15, 0.2) is 24.3 Å². The molecule has 1 heterocycles. The molecule has 0 spiro atoms. The van der Waals surface area contributed by atoms with Crippen LogP contribution in [-0.4, -0.2) is 13.1 Å². The minimum Gasteiger partial charge on any atom is -0.316 e. The summed E-state index contributed by atoms with van der Waals surface area (Å²) >= 11 is 0. The minimum absolute atomic E-state index is 0.876. The molecular weight excluding hydrogens is 158 g/mol. The van der Waals surface area contributed by atoms with Crippen molar-refractivity contribution in [1.82, 2.24) is 5.32 Å². The molecule has 1 N–H and O–H groups in total. The fraction of sp³-hybridized carbons (Fsp3) is 0.500. The Morgan fingerprint density at radius 2 is 2.00 bits per heavy atom.